The van der Waals surface area contributed by atoms with Crippen molar-refractivity contribution in [1.82, 2.24) is 20.6 Å². The predicted molar refractivity (Wildman–Crippen MR) is 103 cm³/mol. The zero-order valence-electron chi connectivity index (χ0n) is 15.9. The first-order valence-corrected chi connectivity index (χ1v) is 8.69. The van der Waals surface area contributed by atoms with E-state index in [1.54, 1.807) is 25.3 Å². The Morgan fingerprint density at radius 1 is 1.32 bits per heavy atom. The highest BCUT2D eigenvalue weighted by molar-refractivity contribution is 5.83. The molecular weight excluding hydrogens is 366 g/mol. The molecule has 0 aliphatic rings. The molecule has 2 aromatic rings. The average Bonchev–Trinajstić information content (AvgIpc) is 2.66. The van der Waals surface area contributed by atoms with Crippen molar-refractivity contribution < 1.29 is 14.3 Å². The van der Waals surface area contributed by atoms with Gasteiger partial charge < -0.3 is 9.47 Å². The molecular formula is C18H23N5O5. The van der Waals surface area contributed by atoms with Crippen molar-refractivity contribution in [2.75, 3.05) is 13.7 Å². The van der Waals surface area contributed by atoms with E-state index >= 15 is 0 Å². The predicted octanol–water partition coefficient (Wildman–Crippen LogP) is 0.585. The summed E-state index contributed by atoms with van der Waals surface area (Å²) in [7, 11) is 1.55. The number of H-pyrrole nitrogens is 2. The first-order valence-electron chi connectivity index (χ1n) is 8.69. The van der Waals surface area contributed by atoms with E-state index in [9.17, 15) is 14.4 Å². The number of hydrazone groups is 1. The molecule has 0 saturated carbocycles. The van der Waals surface area contributed by atoms with Crippen LogP contribution >= 0.6 is 0 Å². The number of aryl methyl sites for hydroxylation is 1. The zero-order chi connectivity index (χ0) is 20.5. The number of aromatic amines is 2. The molecule has 1 aromatic carbocycles. The number of nitrogens with one attached hydrogen (secondary N) is 3. The maximum atomic E-state index is 11.8. The topological polar surface area (TPSA) is 139 Å². The Labute approximate surface area is 161 Å². The fourth-order valence-electron chi connectivity index (χ4n) is 2.15. The highest BCUT2D eigenvalue weighted by Crippen LogP contribution is 2.27. The Morgan fingerprint density at radius 3 is 2.79 bits per heavy atom. The van der Waals surface area contributed by atoms with Crippen molar-refractivity contribution in [3.63, 3.8) is 0 Å². The minimum absolute atomic E-state index is 0.00916. The van der Waals surface area contributed by atoms with Crippen LogP contribution in [-0.4, -0.2) is 41.0 Å². The van der Waals surface area contributed by atoms with Gasteiger partial charge in [0.05, 0.1) is 19.9 Å². The number of methoxy groups -OCH3 is 1. The van der Waals surface area contributed by atoms with E-state index in [1.807, 2.05) is 4.98 Å². The average molecular weight is 389 g/mol. The van der Waals surface area contributed by atoms with Crippen molar-refractivity contribution >= 4 is 12.1 Å². The standard InChI is InChI=1S/C18H23N5O5/c1-11(2)10-28-14-6-4-12(8-15(14)27-3)9-19-22-16(24)7-5-13-17(25)20-18(26)23-21-13/h4,6,8-9,11H,5,7,10H2,1-3H3,(H,22,24)(H2,20,23,25,26)/b19-9-. The van der Waals surface area contributed by atoms with Crippen LogP contribution in [0.15, 0.2) is 32.9 Å². The highest BCUT2D eigenvalue weighted by Gasteiger charge is 2.08. The lowest BCUT2D eigenvalue weighted by molar-refractivity contribution is -0.121. The maximum absolute atomic E-state index is 11.8. The molecule has 150 valence electrons. The summed E-state index contributed by atoms with van der Waals surface area (Å²) in [4.78, 5) is 36.3. The van der Waals surface area contributed by atoms with Crippen molar-refractivity contribution in [1.29, 1.82) is 0 Å². The summed E-state index contributed by atoms with van der Waals surface area (Å²) in [5.74, 6) is 1.20. The van der Waals surface area contributed by atoms with Crippen LogP contribution in [0.1, 0.15) is 31.5 Å². The molecule has 0 aliphatic carbocycles. The molecule has 1 heterocycles. The molecule has 0 aliphatic heterocycles. The molecule has 10 heteroatoms. The molecule has 2 rings (SSSR count). The fourth-order valence-corrected chi connectivity index (χ4v) is 2.15. The van der Waals surface area contributed by atoms with Crippen LogP contribution in [0.25, 0.3) is 0 Å². The van der Waals surface area contributed by atoms with Crippen LogP contribution < -0.4 is 26.1 Å². The fraction of sp³-hybridized carbons (Fsp3) is 0.389. The molecule has 0 unspecified atom stereocenters. The summed E-state index contributed by atoms with van der Waals surface area (Å²) in [5, 5.41) is 9.60. The number of carbonyl (C=O) groups excluding carboxylic acids is 1. The second-order valence-corrected chi connectivity index (χ2v) is 6.36. The molecule has 28 heavy (non-hydrogen) atoms. The van der Waals surface area contributed by atoms with Crippen molar-refractivity contribution in [2.24, 2.45) is 11.0 Å². The van der Waals surface area contributed by atoms with Crippen molar-refractivity contribution in [3.05, 3.63) is 50.3 Å². The van der Waals surface area contributed by atoms with Crippen LogP contribution in [0, 0.1) is 5.92 Å². The van der Waals surface area contributed by atoms with Gasteiger partial charge in [-0.2, -0.15) is 10.2 Å². The Hall–Kier alpha value is -3.43. The van der Waals surface area contributed by atoms with Gasteiger partial charge in [0.15, 0.2) is 11.5 Å². The molecule has 1 aromatic heterocycles. The molecule has 0 atom stereocenters. The largest absolute Gasteiger partial charge is 0.493 e. The third-order valence-corrected chi connectivity index (χ3v) is 3.53. The van der Waals surface area contributed by atoms with Crippen LogP contribution in [0.5, 0.6) is 11.5 Å². The summed E-state index contributed by atoms with van der Waals surface area (Å²) in [6, 6.07) is 5.31. The highest BCUT2D eigenvalue weighted by atomic mass is 16.5. The van der Waals surface area contributed by atoms with Crippen LogP contribution in [0.2, 0.25) is 0 Å². The summed E-state index contributed by atoms with van der Waals surface area (Å²) in [6.45, 7) is 4.69. The van der Waals surface area contributed by atoms with Crippen LogP contribution in [-0.2, 0) is 11.2 Å². The number of ether oxygens (including phenoxy) is 2. The first-order chi connectivity index (χ1) is 13.4. The molecule has 1 amide bonds. The molecule has 0 saturated heterocycles. The van der Waals surface area contributed by atoms with Gasteiger partial charge in [-0.25, -0.2) is 15.3 Å². The summed E-state index contributed by atoms with van der Waals surface area (Å²) < 4.78 is 11.0. The van der Waals surface area contributed by atoms with E-state index in [4.69, 9.17) is 9.47 Å². The van der Waals surface area contributed by atoms with Gasteiger partial charge in [-0.3, -0.25) is 14.6 Å². The van der Waals surface area contributed by atoms with E-state index in [0.717, 1.165) is 0 Å². The van der Waals surface area contributed by atoms with Gasteiger partial charge in [-0.05, 0) is 29.7 Å². The quantitative estimate of drug-likeness (QED) is 0.424. The molecule has 3 N–H and O–H groups in total. The lowest BCUT2D eigenvalue weighted by atomic mass is 10.2. The van der Waals surface area contributed by atoms with E-state index < -0.39 is 17.2 Å². The number of nitrogens with zero attached hydrogens (tertiary/aromatic N) is 2. The second kappa shape index (κ2) is 10.0. The van der Waals surface area contributed by atoms with Gasteiger partial charge in [0.25, 0.3) is 5.56 Å². The Morgan fingerprint density at radius 2 is 2.11 bits per heavy atom. The Bertz CT molecular complexity index is 948. The summed E-state index contributed by atoms with van der Waals surface area (Å²) in [6.07, 6.45) is 1.53. The van der Waals surface area contributed by atoms with Gasteiger partial charge in [-0.1, -0.05) is 13.8 Å². The van der Waals surface area contributed by atoms with Crippen LogP contribution in [0.4, 0.5) is 0 Å². The Balaban J connectivity index is 1.89. The Kier molecular flexibility index (Phi) is 7.49. The number of hydrogen-bond donors (Lipinski definition) is 3. The van der Waals surface area contributed by atoms with Gasteiger partial charge in [0, 0.05) is 12.8 Å². The third-order valence-electron chi connectivity index (χ3n) is 3.53. The van der Waals surface area contributed by atoms with Gasteiger partial charge in [-0.15, -0.1) is 0 Å². The van der Waals surface area contributed by atoms with Crippen LogP contribution in [0.3, 0.4) is 0 Å². The van der Waals surface area contributed by atoms with E-state index in [0.29, 0.717) is 29.6 Å². The molecule has 10 nitrogen and oxygen atoms in total. The lowest BCUT2D eigenvalue weighted by Gasteiger charge is -2.12. The third kappa shape index (κ3) is 6.38. The van der Waals surface area contributed by atoms with Crippen molar-refractivity contribution in [3.8, 4) is 11.5 Å². The first kappa shape index (κ1) is 20.9. The van der Waals surface area contributed by atoms with Gasteiger partial charge in [0.2, 0.25) is 5.91 Å². The van der Waals surface area contributed by atoms with Crippen molar-refractivity contribution in [2.45, 2.75) is 26.7 Å². The number of carbonyl (C=O) groups is 1. The van der Waals surface area contributed by atoms with Gasteiger partial charge in [0.1, 0.15) is 5.69 Å². The minimum atomic E-state index is -0.696. The molecule has 0 fully saturated rings. The van der Waals surface area contributed by atoms with E-state index in [-0.39, 0.29) is 18.5 Å². The normalized spacial score (nSPS) is 11.0. The monoisotopic (exact) mass is 389 g/mol. The smallest absolute Gasteiger partial charge is 0.342 e. The molecule has 0 spiro atoms. The zero-order valence-corrected chi connectivity index (χ0v) is 15.9. The molecule has 0 bridgehead atoms. The number of rotatable bonds is 9. The number of amides is 1. The maximum Gasteiger partial charge on any atom is 0.342 e. The number of hydrogen-bond acceptors (Lipinski definition) is 7. The number of aromatic nitrogens is 3. The summed E-state index contributed by atoms with van der Waals surface area (Å²) >= 11 is 0. The van der Waals surface area contributed by atoms with E-state index in [2.05, 4.69) is 34.6 Å². The van der Waals surface area contributed by atoms with Gasteiger partial charge >= 0.3 is 5.69 Å². The minimum Gasteiger partial charge on any atom is -0.493 e. The van der Waals surface area contributed by atoms with E-state index in [1.165, 1.54) is 6.21 Å². The lowest BCUT2D eigenvalue weighted by Crippen LogP contribution is -2.28. The number of benzene rings is 1. The molecule has 0 radical (unpaired) electrons. The summed E-state index contributed by atoms with van der Waals surface area (Å²) in [5.41, 5.74) is 1.84. The second-order valence-electron chi connectivity index (χ2n) is 6.36. The SMILES string of the molecule is COc1cc(/C=N\NC(=O)CCc2n[nH]c(=O)[nH]c2=O)ccc1OCC(C)C.